The molecule has 2 aromatic carbocycles. The van der Waals surface area contributed by atoms with Crippen molar-refractivity contribution in [3.63, 3.8) is 0 Å². The molecule has 0 unspecified atom stereocenters. The third kappa shape index (κ3) is 3.56. The molecule has 4 nitrogen and oxygen atoms in total. The van der Waals surface area contributed by atoms with E-state index in [9.17, 15) is 4.79 Å². The summed E-state index contributed by atoms with van der Waals surface area (Å²) < 4.78 is 0. The summed E-state index contributed by atoms with van der Waals surface area (Å²) >= 11 is 11.8. The molecule has 0 atom stereocenters. The van der Waals surface area contributed by atoms with E-state index in [1.807, 2.05) is 0 Å². The van der Waals surface area contributed by atoms with E-state index in [-0.39, 0.29) is 6.03 Å². The van der Waals surface area contributed by atoms with Crippen LogP contribution in [0.25, 0.3) is 0 Å². The summed E-state index contributed by atoms with van der Waals surface area (Å²) in [7, 11) is 1.66. The van der Waals surface area contributed by atoms with Crippen molar-refractivity contribution in [3.05, 3.63) is 52.5 Å². The van der Waals surface area contributed by atoms with Crippen molar-refractivity contribution in [1.82, 2.24) is 0 Å². The van der Waals surface area contributed by atoms with Crippen LogP contribution in [0.2, 0.25) is 10.0 Å². The zero-order chi connectivity index (χ0) is 14.7. The van der Waals surface area contributed by atoms with Gasteiger partial charge >= 0.3 is 6.03 Å². The first kappa shape index (κ1) is 14.5. The van der Waals surface area contributed by atoms with Crippen molar-refractivity contribution in [1.29, 1.82) is 0 Å². The quantitative estimate of drug-likeness (QED) is 0.815. The van der Waals surface area contributed by atoms with Gasteiger partial charge in [-0.2, -0.15) is 0 Å². The highest BCUT2D eigenvalue weighted by Crippen LogP contribution is 2.23. The third-order valence-corrected chi connectivity index (χ3v) is 3.14. The van der Waals surface area contributed by atoms with Gasteiger partial charge in [0.25, 0.3) is 0 Å². The Labute approximate surface area is 127 Å². The number of hydrogen-bond donors (Lipinski definition) is 2. The van der Waals surface area contributed by atoms with E-state index in [1.54, 1.807) is 49.5 Å². The second-order valence-electron chi connectivity index (χ2n) is 4.24. The van der Waals surface area contributed by atoms with Gasteiger partial charge in [-0.15, -0.1) is 0 Å². The molecule has 104 valence electrons. The summed E-state index contributed by atoms with van der Waals surface area (Å²) in [5, 5.41) is 3.65. The number of nitrogens with two attached hydrogens (primary N) is 1. The van der Waals surface area contributed by atoms with E-state index in [0.29, 0.717) is 21.4 Å². The second-order valence-corrected chi connectivity index (χ2v) is 5.11. The minimum atomic E-state index is -0.298. The van der Waals surface area contributed by atoms with Crippen LogP contribution in [-0.2, 0) is 0 Å². The maximum absolute atomic E-state index is 12.1. The molecule has 0 fully saturated rings. The number of halogens is 2. The van der Waals surface area contributed by atoms with Crippen LogP contribution in [0.3, 0.4) is 0 Å². The normalized spacial score (nSPS) is 10.2. The lowest BCUT2D eigenvalue weighted by Crippen LogP contribution is -2.31. The molecule has 2 amide bonds. The van der Waals surface area contributed by atoms with Crippen LogP contribution in [0.4, 0.5) is 21.9 Å². The topological polar surface area (TPSA) is 58.4 Å². The van der Waals surface area contributed by atoms with E-state index < -0.39 is 0 Å². The Bertz CT molecular complexity index is 609. The van der Waals surface area contributed by atoms with Crippen LogP contribution >= 0.6 is 23.2 Å². The van der Waals surface area contributed by atoms with Crippen LogP contribution in [0.1, 0.15) is 0 Å². The van der Waals surface area contributed by atoms with Gasteiger partial charge in [-0.05, 0) is 42.5 Å². The van der Waals surface area contributed by atoms with Gasteiger partial charge in [0.1, 0.15) is 0 Å². The minimum absolute atomic E-state index is 0.298. The number of nitrogens with zero attached hydrogens (tertiary/aromatic N) is 1. The number of carbonyl (C=O) groups excluding carboxylic acids is 1. The predicted molar refractivity (Wildman–Crippen MR) is 84.7 cm³/mol. The van der Waals surface area contributed by atoms with E-state index >= 15 is 0 Å². The first-order chi connectivity index (χ1) is 9.45. The van der Waals surface area contributed by atoms with Crippen molar-refractivity contribution >= 4 is 46.3 Å². The summed E-state index contributed by atoms with van der Waals surface area (Å²) in [5.41, 5.74) is 7.52. The maximum Gasteiger partial charge on any atom is 0.326 e. The zero-order valence-electron chi connectivity index (χ0n) is 10.7. The lowest BCUT2D eigenvalue weighted by atomic mass is 10.2. The molecule has 20 heavy (non-hydrogen) atoms. The summed E-state index contributed by atoms with van der Waals surface area (Å²) in [6, 6.07) is 11.5. The number of anilines is 3. The highest BCUT2D eigenvalue weighted by Gasteiger charge is 2.11. The summed E-state index contributed by atoms with van der Waals surface area (Å²) in [4.78, 5) is 13.6. The number of urea groups is 1. The van der Waals surface area contributed by atoms with Crippen molar-refractivity contribution in [3.8, 4) is 0 Å². The Morgan fingerprint density at radius 1 is 1.10 bits per heavy atom. The number of carbonyl (C=O) groups is 1. The molecule has 6 heteroatoms. The van der Waals surface area contributed by atoms with Crippen LogP contribution < -0.4 is 16.0 Å². The lowest BCUT2D eigenvalue weighted by molar-refractivity contribution is 0.258. The number of amides is 2. The lowest BCUT2D eigenvalue weighted by Gasteiger charge is -2.18. The Balaban J connectivity index is 2.13. The molecule has 0 spiro atoms. The first-order valence-electron chi connectivity index (χ1n) is 5.82. The molecule has 0 bridgehead atoms. The molecular weight excluding hydrogens is 297 g/mol. The first-order valence-corrected chi connectivity index (χ1v) is 6.57. The van der Waals surface area contributed by atoms with Crippen LogP contribution in [0.15, 0.2) is 42.5 Å². The molecule has 0 saturated carbocycles. The SMILES string of the molecule is CN(C(=O)Nc1cc(Cl)cc(Cl)c1)c1ccc(N)cc1. The Kier molecular flexibility index (Phi) is 4.37. The molecule has 2 aromatic rings. The van der Waals surface area contributed by atoms with Crippen molar-refractivity contribution in [2.75, 3.05) is 23.0 Å². The summed E-state index contributed by atoms with van der Waals surface area (Å²) in [6.45, 7) is 0. The van der Waals surface area contributed by atoms with Crippen LogP contribution in [-0.4, -0.2) is 13.1 Å². The van der Waals surface area contributed by atoms with Gasteiger partial charge in [-0.25, -0.2) is 4.79 Å². The Morgan fingerprint density at radius 2 is 1.65 bits per heavy atom. The monoisotopic (exact) mass is 309 g/mol. The van der Waals surface area contributed by atoms with Crippen LogP contribution in [0, 0.1) is 0 Å². The zero-order valence-corrected chi connectivity index (χ0v) is 12.2. The standard InChI is InChI=1S/C14H13Cl2N3O/c1-19(13-4-2-11(17)3-5-13)14(20)18-12-7-9(15)6-10(16)8-12/h2-8H,17H2,1H3,(H,18,20). The molecule has 3 N–H and O–H groups in total. The molecule has 0 aliphatic heterocycles. The van der Waals surface area contributed by atoms with E-state index in [1.165, 1.54) is 4.90 Å². The van der Waals surface area contributed by atoms with Gasteiger partial charge < -0.3 is 11.1 Å². The van der Waals surface area contributed by atoms with E-state index in [0.717, 1.165) is 5.69 Å². The molecule has 0 aliphatic carbocycles. The molecule has 0 aromatic heterocycles. The molecule has 0 heterocycles. The minimum Gasteiger partial charge on any atom is -0.399 e. The number of benzene rings is 2. The average Bonchev–Trinajstić information content (AvgIpc) is 2.37. The van der Waals surface area contributed by atoms with Crippen molar-refractivity contribution in [2.45, 2.75) is 0 Å². The summed E-state index contributed by atoms with van der Waals surface area (Å²) in [5.74, 6) is 0. The highest BCUT2D eigenvalue weighted by atomic mass is 35.5. The number of nitrogen functional groups attached to an aromatic ring is 1. The van der Waals surface area contributed by atoms with Gasteiger partial charge in [0.15, 0.2) is 0 Å². The molecule has 0 radical (unpaired) electrons. The maximum atomic E-state index is 12.1. The Morgan fingerprint density at radius 3 is 2.20 bits per heavy atom. The number of nitrogens with one attached hydrogen (secondary N) is 1. The fraction of sp³-hybridized carbons (Fsp3) is 0.0714. The summed E-state index contributed by atoms with van der Waals surface area (Å²) in [6.07, 6.45) is 0. The number of hydrogen-bond acceptors (Lipinski definition) is 2. The Hall–Kier alpha value is -1.91. The third-order valence-electron chi connectivity index (χ3n) is 2.70. The van der Waals surface area contributed by atoms with Crippen molar-refractivity contribution < 1.29 is 4.79 Å². The highest BCUT2D eigenvalue weighted by molar-refractivity contribution is 6.35. The van der Waals surface area contributed by atoms with Gasteiger partial charge in [-0.1, -0.05) is 23.2 Å². The molecule has 2 rings (SSSR count). The largest absolute Gasteiger partial charge is 0.399 e. The molecular formula is C14H13Cl2N3O. The van der Waals surface area contributed by atoms with Crippen molar-refractivity contribution in [2.24, 2.45) is 0 Å². The van der Waals surface area contributed by atoms with Gasteiger partial charge in [-0.3, -0.25) is 4.90 Å². The van der Waals surface area contributed by atoms with Gasteiger partial charge in [0, 0.05) is 34.2 Å². The fourth-order valence-electron chi connectivity index (χ4n) is 1.65. The predicted octanol–water partition coefficient (Wildman–Crippen LogP) is 4.24. The second kappa shape index (κ2) is 6.03. The van der Waals surface area contributed by atoms with E-state index in [4.69, 9.17) is 28.9 Å². The van der Waals surface area contributed by atoms with Gasteiger partial charge in [0.2, 0.25) is 0 Å². The molecule has 0 saturated heterocycles. The average molecular weight is 310 g/mol. The molecule has 0 aliphatic rings. The smallest absolute Gasteiger partial charge is 0.326 e. The van der Waals surface area contributed by atoms with E-state index in [2.05, 4.69) is 5.32 Å². The van der Waals surface area contributed by atoms with Crippen LogP contribution in [0.5, 0.6) is 0 Å². The number of rotatable bonds is 2. The van der Waals surface area contributed by atoms with Gasteiger partial charge in [0.05, 0.1) is 0 Å². The fourth-order valence-corrected chi connectivity index (χ4v) is 2.17.